The first-order valence-corrected chi connectivity index (χ1v) is 7.87. The van der Waals surface area contributed by atoms with E-state index < -0.39 is 0 Å². The molecule has 2 N–H and O–H groups in total. The molecule has 1 aliphatic rings. The van der Waals surface area contributed by atoms with Gasteiger partial charge in [-0.05, 0) is 50.2 Å². The van der Waals surface area contributed by atoms with E-state index in [1.807, 2.05) is 19.1 Å². The van der Waals surface area contributed by atoms with Gasteiger partial charge in [-0.15, -0.1) is 0 Å². The van der Waals surface area contributed by atoms with Gasteiger partial charge >= 0.3 is 0 Å². The summed E-state index contributed by atoms with van der Waals surface area (Å²) >= 11 is 0. The normalized spacial score (nSPS) is 16.6. The van der Waals surface area contributed by atoms with E-state index in [0.717, 1.165) is 36.9 Å². The molecule has 0 saturated heterocycles. The largest absolute Gasteiger partial charge is 0.490 e. The summed E-state index contributed by atoms with van der Waals surface area (Å²) < 4.78 is 11.8. The fraction of sp³-hybridized carbons (Fsp3) is 0.647. The van der Waals surface area contributed by atoms with Gasteiger partial charge in [-0.25, -0.2) is 0 Å². The lowest BCUT2D eigenvalue weighted by atomic mass is 9.86. The second-order valence-electron chi connectivity index (χ2n) is 5.66. The molecule has 20 heavy (non-hydrogen) atoms. The molecule has 0 bridgehead atoms. The summed E-state index contributed by atoms with van der Waals surface area (Å²) in [6.07, 6.45) is 5.74. The van der Waals surface area contributed by atoms with Crippen molar-refractivity contribution in [2.45, 2.75) is 52.0 Å². The molecule has 1 atom stereocenters. The zero-order chi connectivity index (χ0) is 14.4. The quantitative estimate of drug-likeness (QED) is 0.790. The zero-order valence-corrected chi connectivity index (χ0v) is 12.7. The molecule has 112 valence electrons. The van der Waals surface area contributed by atoms with Gasteiger partial charge in [0.25, 0.3) is 0 Å². The van der Waals surface area contributed by atoms with Gasteiger partial charge in [0, 0.05) is 6.04 Å². The number of ether oxygens (including phenoxy) is 2. The highest BCUT2D eigenvalue weighted by Gasteiger charge is 2.20. The van der Waals surface area contributed by atoms with Gasteiger partial charge in [0.2, 0.25) is 0 Å². The molecule has 1 aliphatic carbocycles. The van der Waals surface area contributed by atoms with Crippen LogP contribution in [0.4, 0.5) is 0 Å². The van der Waals surface area contributed by atoms with Crippen LogP contribution in [0.25, 0.3) is 0 Å². The molecular formula is C17H27NO2. The Labute approximate surface area is 122 Å². The highest BCUT2D eigenvalue weighted by atomic mass is 16.5. The van der Waals surface area contributed by atoms with Gasteiger partial charge < -0.3 is 15.2 Å². The maximum Gasteiger partial charge on any atom is 0.164 e. The molecule has 0 spiro atoms. The Morgan fingerprint density at radius 3 is 2.65 bits per heavy atom. The topological polar surface area (TPSA) is 44.5 Å². The number of benzene rings is 1. The maximum absolute atomic E-state index is 6.09. The molecule has 1 fully saturated rings. The van der Waals surface area contributed by atoms with Crippen LogP contribution in [0, 0.1) is 5.92 Å². The molecule has 0 radical (unpaired) electrons. The Balaban J connectivity index is 2.12. The van der Waals surface area contributed by atoms with Crippen molar-refractivity contribution in [1.29, 1.82) is 0 Å². The van der Waals surface area contributed by atoms with Crippen LogP contribution in [0.2, 0.25) is 0 Å². The summed E-state index contributed by atoms with van der Waals surface area (Å²) in [5, 5.41) is 0. The van der Waals surface area contributed by atoms with E-state index in [1.165, 1.54) is 24.8 Å². The minimum atomic E-state index is 0.179. The minimum Gasteiger partial charge on any atom is -0.490 e. The van der Waals surface area contributed by atoms with Gasteiger partial charge in [-0.1, -0.05) is 25.5 Å². The summed E-state index contributed by atoms with van der Waals surface area (Å²) in [6.45, 7) is 5.58. The van der Waals surface area contributed by atoms with Gasteiger partial charge in [0.1, 0.15) is 0 Å². The number of rotatable bonds is 8. The standard InChI is InChI=1S/C17H27NO2/c1-3-15(18)11-14-9-6-10-16(19-4-2)17(14)20-12-13-7-5-8-13/h6,9-10,13,15H,3-5,7-8,11-12,18H2,1-2H3. The van der Waals surface area contributed by atoms with Gasteiger partial charge in [-0.3, -0.25) is 0 Å². The van der Waals surface area contributed by atoms with Crippen molar-refractivity contribution in [3.05, 3.63) is 23.8 Å². The Morgan fingerprint density at radius 2 is 2.05 bits per heavy atom. The van der Waals surface area contributed by atoms with Crippen molar-refractivity contribution in [3.63, 3.8) is 0 Å². The van der Waals surface area contributed by atoms with E-state index in [1.54, 1.807) is 0 Å². The van der Waals surface area contributed by atoms with Gasteiger partial charge in [-0.2, -0.15) is 0 Å². The van der Waals surface area contributed by atoms with Crippen LogP contribution in [0.15, 0.2) is 18.2 Å². The Kier molecular flexibility index (Phi) is 5.72. The first-order valence-electron chi connectivity index (χ1n) is 7.87. The Morgan fingerprint density at radius 1 is 1.25 bits per heavy atom. The van der Waals surface area contributed by atoms with Crippen molar-refractivity contribution in [1.82, 2.24) is 0 Å². The number of nitrogens with two attached hydrogens (primary N) is 1. The molecule has 2 rings (SSSR count). The van der Waals surface area contributed by atoms with E-state index in [2.05, 4.69) is 13.0 Å². The van der Waals surface area contributed by atoms with Crippen LogP contribution < -0.4 is 15.2 Å². The van der Waals surface area contributed by atoms with Gasteiger partial charge in [0.15, 0.2) is 11.5 Å². The molecule has 0 aliphatic heterocycles. The monoisotopic (exact) mass is 277 g/mol. The van der Waals surface area contributed by atoms with Crippen LogP contribution in [-0.2, 0) is 6.42 Å². The Hall–Kier alpha value is -1.22. The van der Waals surface area contributed by atoms with Crippen LogP contribution in [-0.4, -0.2) is 19.3 Å². The molecule has 0 amide bonds. The molecule has 1 aromatic carbocycles. The second kappa shape index (κ2) is 7.53. The van der Waals surface area contributed by atoms with Crippen molar-refractivity contribution in [2.75, 3.05) is 13.2 Å². The lowest BCUT2D eigenvalue weighted by Gasteiger charge is -2.26. The molecule has 1 unspecified atom stereocenters. The fourth-order valence-corrected chi connectivity index (χ4v) is 2.44. The van der Waals surface area contributed by atoms with Crippen LogP contribution in [0.3, 0.4) is 0 Å². The molecule has 0 heterocycles. The first kappa shape index (κ1) is 15.2. The highest BCUT2D eigenvalue weighted by molar-refractivity contribution is 5.47. The number of hydrogen-bond acceptors (Lipinski definition) is 3. The summed E-state index contributed by atoms with van der Waals surface area (Å²) in [5.41, 5.74) is 7.27. The van der Waals surface area contributed by atoms with Crippen LogP contribution in [0.5, 0.6) is 11.5 Å². The van der Waals surface area contributed by atoms with Crippen LogP contribution in [0.1, 0.15) is 45.1 Å². The summed E-state index contributed by atoms with van der Waals surface area (Å²) in [6, 6.07) is 6.30. The zero-order valence-electron chi connectivity index (χ0n) is 12.7. The predicted molar refractivity (Wildman–Crippen MR) is 82.4 cm³/mol. The smallest absolute Gasteiger partial charge is 0.164 e. The van der Waals surface area contributed by atoms with Crippen molar-refractivity contribution in [3.8, 4) is 11.5 Å². The SMILES string of the molecule is CCOc1cccc(CC(N)CC)c1OCC1CCC1. The fourth-order valence-electron chi connectivity index (χ4n) is 2.44. The molecule has 3 nitrogen and oxygen atoms in total. The molecule has 1 saturated carbocycles. The van der Waals surface area contributed by atoms with E-state index in [0.29, 0.717) is 6.61 Å². The lowest BCUT2D eigenvalue weighted by molar-refractivity contribution is 0.172. The number of hydrogen-bond donors (Lipinski definition) is 1. The third-order valence-electron chi connectivity index (χ3n) is 4.05. The van der Waals surface area contributed by atoms with Crippen molar-refractivity contribution < 1.29 is 9.47 Å². The Bertz CT molecular complexity index is 415. The first-order chi connectivity index (χ1) is 9.74. The number of para-hydroxylation sites is 1. The van der Waals surface area contributed by atoms with Gasteiger partial charge in [0.05, 0.1) is 13.2 Å². The highest BCUT2D eigenvalue weighted by Crippen LogP contribution is 2.34. The average molecular weight is 277 g/mol. The van der Waals surface area contributed by atoms with E-state index in [-0.39, 0.29) is 6.04 Å². The van der Waals surface area contributed by atoms with E-state index in [4.69, 9.17) is 15.2 Å². The van der Waals surface area contributed by atoms with Crippen LogP contribution >= 0.6 is 0 Å². The maximum atomic E-state index is 6.09. The minimum absolute atomic E-state index is 0.179. The van der Waals surface area contributed by atoms with E-state index in [9.17, 15) is 0 Å². The third kappa shape index (κ3) is 3.89. The second-order valence-corrected chi connectivity index (χ2v) is 5.66. The predicted octanol–water partition coefficient (Wildman–Crippen LogP) is 3.54. The lowest BCUT2D eigenvalue weighted by Crippen LogP contribution is -2.23. The van der Waals surface area contributed by atoms with E-state index >= 15 is 0 Å². The summed E-state index contributed by atoms with van der Waals surface area (Å²) in [5.74, 6) is 2.48. The summed E-state index contributed by atoms with van der Waals surface area (Å²) in [7, 11) is 0. The molecule has 1 aromatic rings. The molecule has 0 aromatic heterocycles. The molecular weight excluding hydrogens is 250 g/mol. The summed E-state index contributed by atoms with van der Waals surface area (Å²) in [4.78, 5) is 0. The van der Waals surface area contributed by atoms with Crippen molar-refractivity contribution in [2.24, 2.45) is 11.7 Å². The van der Waals surface area contributed by atoms with Crippen molar-refractivity contribution >= 4 is 0 Å². The third-order valence-corrected chi connectivity index (χ3v) is 4.05. The molecule has 3 heteroatoms. The average Bonchev–Trinajstić information content (AvgIpc) is 2.39.